The van der Waals surface area contributed by atoms with Crippen LogP contribution in [0.15, 0.2) is 0 Å². The highest BCUT2D eigenvalue weighted by molar-refractivity contribution is 7.15. The quantitative estimate of drug-likeness (QED) is 0.844. The van der Waals surface area contributed by atoms with E-state index in [1.807, 2.05) is 6.92 Å². The monoisotopic (exact) mass is 283 g/mol. The van der Waals surface area contributed by atoms with Gasteiger partial charge in [-0.2, -0.15) is 0 Å². The van der Waals surface area contributed by atoms with Gasteiger partial charge in [-0.25, -0.2) is 0 Å². The molecule has 1 saturated heterocycles. The molecule has 0 bridgehead atoms. The van der Waals surface area contributed by atoms with Gasteiger partial charge in [0.2, 0.25) is 11.0 Å². The smallest absolute Gasteiger partial charge is 0.221 e. The highest BCUT2D eigenvalue weighted by Crippen LogP contribution is 2.25. The van der Waals surface area contributed by atoms with Gasteiger partial charge in [0.1, 0.15) is 5.01 Å². The van der Waals surface area contributed by atoms with Crippen LogP contribution in [0.3, 0.4) is 0 Å². The van der Waals surface area contributed by atoms with E-state index in [4.69, 9.17) is 5.73 Å². The van der Waals surface area contributed by atoms with Crippen LogP contribution in [0.4, 0.5) is 5.13 Å². The molecule has 2 unspecified atom stereocenters. The van der Waals surface area contributed by atoms with Crippen LogP contribution in [-0.4, -0.2) is 40.1 Å². The third kappa shape index (κ3) is 3.63. The molecule has 6 nitrogen and oxygen atoms in total. The van der Waals surface area contributed by atoms with Gasteiger partial charge in [0.05, 0.1) is 12.5 Å². The van der Waals surface area contributed by atoms with E-state index < -0.39 is 0 Å². The molecule has 3 N–H and O–H groups in total. The molecule has 1 fully saturated rings. The maximum atomic E-state index is 11.3. The van der Waals surface area contributed by atoms with E-state index in [2.05, 4.69) is 27.3 Å². The van der Waals surface area contributed by atoms with Gasteiger partial charge >= 0.3 is 0 Å². The van der Waals surface area contributed by atoms with Gasteiger partial charge in [-0.1, -0.05) is 11.3 Å². The van der Waals surface area contributed by atoms with Crippen LogP contribution in [0.2, 0.25) is 0 Å². The summed E-state index contributed by atoms with van der Waals surface area (Å²) in [5.74, 6) is -0.222. The summed E-state index contributed by atoms with van der Waals surface area (Å²) in [6.45, 7) is 6.54. The first-order valence-electron chi connectivity index (χ1n) is 6.69. The summed E-state index contributed by atoms with van der Waals surface area (Å²) in [5, 5.41) is 13.3. The minimum Gasteiger partial charge on any atom is -0.369 e. The zero-order valence-electron chi connectivity index (χ0n) is 11.4. The number of carbonyl (C=O) groups is 1. The molecular weight excluding hydrogens is 262 g/mol. The van der Waals surface area contributed by atoms with E-state index in [0.29, 0.717) is 6.04 Å². The Morgan fingerprint density at radius 3 is 3.00 bits per heavy atom. The van der Waals surface area contributed by atoms with E-state index in [9.17, 15) is 4.79 Å². The number of anilines is 1. The molecule has 2 atom stereocenters. The lowest BCUT2D eigenvalue weighted by Crippen LogP contribution is -2.45. The third-order valence-corrected chi connectivity index (χ3v) is 4.41. The Morgan fingerprint density at radius 2 is 2.32 bits per heavy atom. The van der Waals surface area contributed by atoms with Crippen LogP contribution < -0.4 is 11.1 Å². The summed E-state index contributed by atoms with van der Waals surface area (Å²) < 4.78 is 0. The van der Waals surface area contributed by atoms with Crippen LogP contribution >= 0.6 is 11.3 Å². The molecule has 1 aliphatic heterocycles. The number of primary amides is 1. The number of hydrogen-bond donors (Lipinski definition) is 2. The lowest BCUT2D eigenvalue weighted by molar-refractivity contribution is -0.124. The molecule has 1 amide bonds. The number of aromatic nitrogens is 2. The molecule has 0 aliphatic carbocycles. The number of hydrogen-bond acceptors (Lipinski definition) is 6. The van der Waals surface area contributed by atoms with Gasteiger partial charge in [-0.3, -0.25) is 9.69 Å². The second-order valence-electron chi connectivity index (χ2n) is 4.99. The maximum absolute atomic E-state index is 11.3. The van der Waals surface area contributed by atoms with E-state index >= 15 is 0 Å². The highest BCUT2D eigenvalue weighted by Gasteiger charge is 2.29. The van der Waals surface area contributed by atoms with Crippen molar-refractivity contribution in [2.45, 2.75) is 39.3 Å². The molecule has 1 aromatic rings. The number of nitrogens with one attached hydrogen (secondary N) is 1. The van der Waals surface area contributed by atoms with Gasteiger partial charge in [0.25, 0.3) is 0 Å². The molecule has 1 aromatic heterocycles. The van der Waals surface area contributed by atoms with Gasteiger partial charge in [0.15, 0.2) is 0 Å². The number of nitrogens with two attached hydrogens (primary N) is 1. The summed E-state index contributed by atoms with van der Waals surface area (Å²) in [7, 11) is 0. The normalized spacial score (nSPS) is 24.3. The van der Waals surface area contributed by atoms with Crippen molar-refractivity contribution in [3.05, 3.63) is 5.01 Å². The zero-order chi connectivity index (χ0) is 13.8. The van der Waals surface area contributed by atoms with Crippen LogP contribution in [0, 0.1) is 5.92 Å². The van der Waals surface area contributed by atoms with Crippen molar-refractivity contribution in [3.8, 4) is 0 Å². The first-order valence-corrected chi connectivity index (χ1v) is 7.51. The molecule has 19 heavy (non-hydrogen) atoms. The van der Waals surface area contributed by atoms with Gasteiger partial charge in [0, 0.05) is 19.1 Å². The first kappa shape index (κ1) is 14.2. The number of piperidine rings is 1. The van der Waals surface area contributed by atoms with Crippen molar-refractivity contribution in [1.82, 2.24) is 15.1 Å². The fourth-order valence-corrected chi connectivity index (χ4v) is 3.18. The van der Waals surface area contributed by atoms with Gasteiger partial charge in [-0.05, 0) is 26.7 Å². The second kappa shape index (κ2) is 6.29. The fourth-order valence-electron chi connectivity index (χ4n) is 2.35. The van der Waals surface area contributed by atoms with Crippen molar-refractivity contribution in [2.75, 3.05) is 18.4 Å². The lowest BCUT2D eigenvalue weighted by atomic mass is 9.93. The van der Waals surface area contributed by atoms with Gasteiger partial charge < -0.3 is 11.1 Å². The van der Waals surface area contributed by atoms with Crippen LogP contribution in [0.5, 0.6) is 0 Å². The Labute approximate surface area is 117 Å². The Bertz CT molecular complexity index is 436. The van der Waals surface area contributed by atoms with Crippen LogP contribution in [0.1, 0.15) is 31.7 Å². The maximum Gasteiger partial charge on any atom is 0.221 e. The minimum absolute atomic E-state index is 0.0302. The summed E-state index contributed by atoms with van der Waals surface area (Å²) in [5.41, 5.74) is 5.41. The predicted octanol–water partition coefficient (Wildman–Crippen LogP) is 1.06. The average molecular weight is 283 g/mol. The molecule has 0 saturated carbocycles. The Kier molecular flexibility index (Phi) is 4.71. The number of nitrogens with zero attached hydrogens (tertiary/aromatic N) is 3. The lowest BCUT2D eigenvalue weighted by Gasteiger charge is -2.36. The largest absolute Gasteiger partial charge is 0.369 e. The Hall–Kier alpha value is -1.21. The predicted molar refractivity (Wildman–Crippen MR) is 75.9 cm³/mol. The average Bonchev–Trinajstić information content (AvgIpc) is 2.80. The molecular formula is C12H21N5OS. The summed E-state index contributed by atoms with van der Waals surface area (Å²) >= 11 is 1.57. The highest BCUT2D eigenvalue weighted by atomic mass is 32.1. The first-order chi connectivity index (χ1) is 9.10. The third-order valence-electron chi connectivity index (χ3n) is 3.55. The Balaban J connectivity index is 1.97. The standard InChI is InChI=1S/C12H21N5OS/c1-3-14-12-16-15-10(19-12)7-17-6-9(11(13)18)5-4-8(17)2/h8-9H,3-7H2,1-2H3,(H2,13,18)(H,14,16). The van der Waals surface area contributed by atoms with E-state index in [0.717, 1.165) is 42.6 Å². The molecule has 1 aliphatic rings. The van der Waals surface area contributed by atoms with Crippen molar-refractivity contribution in [2.24, 2.45) is 11.7 Å². The summed E-state index contributed by atoms with van der Waals surface area (Å²) in [4.78, 5) is 13.6. The van der Waals surface area contributed by atoms with Crippen LogP contribution in [0.25, 0.3) is 0 Å². The molecule has 0 aromatic carbocycles. The van der Waals surface area contributed by atoms with E-state index in [1.165, 1.54) is 0 Å². The number of amides is 1. The van der Waals surface area contributed by atoms with Crippen LogP contribution in [-0.2, 0) is 11.3 Å². The van der Waals surface area contributed by atoms with Gasteiger partial charge in [-0.15, -0.1) is 10.2 Å². The second-order valence-corrected chi connectivity index (χ2v) is 6.05. The molecule has 2 rings (SSSR count). The number of carbonyl (C=O) groups excluding carboxylic acids is 1. The van der Waals surface area contributed by atoms with Crippen molar-refractivity contribution in [3.63, 3.8) is 0 Å². The summed E-state index contributed by atoms with van der Waals surface area (Å²) in [6.07, 6.45) is 1.90. The van der Waals surface area contributed by atoms with Crippen molar-refractivity contribution in [1.29, 1.82) is 0 Å². The molecule has 0 radical (unpaired) electrons. The molecule has 106 valence electrons. The topological polar surface area (TPSA) is 84.1 Å². The fraction of sp³-hybridized carbons (Fsp3) is 0.750. The zero-order valence-corrected chi connectivity index (χ0v) is 12.2. The van der Waals surface area contributed by atoms with Crippen molar-refractivity contribution < 1.29 is 4.79 Å². The molecule has 2 heterocycles. The molecule has 0 spiro atoms. The Morgan fingerprint density at radius 1 is 1.53 bits per heavy atom. The minimum atomic E-state index is -0.192. The van der Waals surface area contributed by atoms with Crippen molar-refractivity contribution >= 4 is 22.4 Å². The van der Waals surface area contributed by atoms with E-state index in [-0.39, 0.29) is 11.8 Å². The SMILES string of the molecule is CCNc1nnc(CN2CC(C(N)=O)CCC2C)s1. The van der Waals surface area contributed by atoms with E-state index in [1.54, 1.807) is 11.3 Å². The molecule has 7 heteroatoms. The summed E-state index contributed by atoms with van der Waals surface area (Å²) in [6, 6.07) is 0.460. The number of likely N-dealkylation sites (tertiary alicyclic amines) is 1. The number of rotatable bonds is 5.